The standard InChI is InChI=1S/C34H50N2O2S.BrH/c1-3-4-5-6-7-8-9-10-11-12-13-14-26-38-34-21-17-31(18-22-34)23-24-36(30(2)37)33-19-15-32(16-20-33)28-35-25-27-39-29-35;/h15-22,25,27H,3-14,23-24,26,28-29H2,1-2H3;1H. The van der Waals surface area contributed by atoms with E-state index >= 15 is 0 Å². The van der Waals surface area contributed by atoms with E-state index in [4.69, 9.17) is 4.74 Å². The van der Waals surface area contributed by atoms with Crippen LogP contribution in [0.2, 0.25) is 0 Å². The number of unbranched alkanes of at least 4 members (excludes halogenated alkanes) is 11. The fourth-order valence-electron chi connectivity index (χ4n) is 5.02. The molecule has 4 nitrogen and oxygen atoms in total. The number of thioether (sulfide) groups is 1. The van der Waals surface area contributed by atoms with E-state index in [9.17, 15) is 4.79 Å². The molecule has 6 heteroatoms. The molecule has 0 saturated carbocycles. The fraction of sp³-hybridized carbons (Fsp3) is 0.559. The van der Waals surface area contributed by atoms with Gasteiger partial charge >= 0.3 is 0 Å². The lowest BCUT2D eigenvalue weighted by atomic mass is 10.1. The Hall–Kier alpha value is -1.92. The average molecular weight is 632 g/mol. The van der Waals surface area contributed by atoms with Gasteiger partial charge in [0.15, 0.2) is 0 Å². The van der Waals surface area contributed by atoms with Crippen LogP contribution in [0.5, 0.6) is 5.75 Å². The van der Waals surface area contributed by atoms with E-state index in [1.807, 2.05) is 16.7 Å². The fourth-order valence-corrected chi connectivity index (χ4v) is 5.73. The van der Waals surface area contributed by atoms with E-state index in [0.29, 0.717) is 6.54 Å². The van der Waals surface area contributed by atoms with Crippen molar-refractivity contribution < 1.29 is 9.53 Å². The first-order valence-corrected chi connectivity index (χ1v) is 16.3. The maximum absolute atomic E-state index is 12.4. The van der Waals surface area contributed by atoms with Gasteiger partial charge in [0.2, 0.25) is 5.91 Å². The van der Waals surface area contributed by atoms with Gasteiger partial charge in [0.05, 0.1) is 12.5 Å². The number of amides is 1. The topological polar surface area (TPSA) is 32.8 Å². The summed E-state index contributed by atoms with van der Waals surface area (Å²) in [6, 6.07) is 16.8. The van der Waals surface area contributed by atoms with Crippen LogP contribution in [0.4, 0.5) is 5.69 Å². The summed E-state index contributed by atoms with van der Waals surface area (Å²) < 4.78 is 5.97. The molecule has 0 bridgehead atoms. The van der Waals surface area contributed by atoms with Crippen LogP contribution in [0.15, 0.2) is 60.1 Å². The number of benzene rings is 2. The number of halogens is 1. The van der Waals surface area contributed by atoms with Gasteiger partial charge in [0.1, 0.15) is 5.75 Å². The Morgan fingerprint density at radius 2 is 1.40 bits per heavy atom. The molecule has 40 heavy (non-hydrogen) atoms. The highest BCUT2D eigenvalue weighted by atomic mass is 79.9. The van der Waals surface area contributed by atoms with Crippen molar-refractivity contribution in [1.82, 2.24) is 4.90 Å². The van der Waals surface area contributed by atoms with Gasteiger partial charge in [-0.15, -0.1) is 28.7 Å². The van der Waals surface area contributed by atoms with Gasteiger partial charge in [0.25, 0.3) is 0 Å². The molecular formula is C34H51BrN2O2S. The molecule has 0 saturated heterocycles. The monoisotopic (exact) mass is 630 g/mol. The predicted molar refractivity (Wildman–Crippen MR) is 179 cm³/mol. The first-order chi connectivity index (χ1) is 19.2. The molecule has 0 N–H and O–H groups in total. The Balaban J connectivity index is 0.00000560. The number of carbonyl (C=O) groups is 1. The molecule has 3 rings (SSSR count). The first kappa shape index (κ1) is 34.3. The van der Waals surface area contributed by atoms with Gasteiger partial charge in [-0.25, -0.2) is 0 Å². The van der Waals surface area contributed by atoms with Crippen molar-refractivity contribution in [2.75, 3.05) is 23.9 Å². The summed E-state index contributed by atoms with van der Waals surface area (Å²) in [5.74, 6) is 2.01. The third kappa shape index (κ3) is 13.6. The maximum atomic E-state index is 12.4. The number of rotatable bonds is 20. The summed E-state index contributed by atoms with van der Waals surface area (Å²) in [4.78, 5) is 16.5. The minimum Gasteiger partial charge on any atom is -0.494 e. The molecule has 1 aliphatic heterocycles. The van der Waals surface area contributed by atoms with Crippen molar-refractivity contribution in [2.45, 2.75) is 104 Å². The average Bonchev–Trinajstić information content (AvgIpc) is 3.46. The Kier molecular flexibility index (Phi) is 17.9. The third-order valence-electron chi connectivity index (χ3n) is 7.44. The third-order valence-corrected chi connectivity index (χ3v) is 8.23. The molecule has 0 aliphatic carbocycles. The van der Waals surface area contributed by atoms with Gasteiger partial charge < -0.3 is 14.5 Å². The Labute approximate surface area is 258 Å². The van der Waals surface area contributed by atoms with Crippen molar-refractivity contribution in [3.63, 3.8) is 0 Å². The maximum Gasteiger partial charge on any atom is 0.223 e. The lowest BCUT2D eigenvalue weighted by Gasteiger charge is -2.22. The lowest BCUT2D eigenvalue weighted by molar-refractivity contribution is -0.116. The molecule has 222 valence electrons. The van der Waals surface area contributed by atoms with Crippen LogP contribution >= 0.6 is 28.7 Å². The minimum absolute atomic E-state index is 0. The zero-order chi connectivity index (χ0) is 27.5. The van der Waals surface area contributed by atoms with Gasteiger partial charge in [-0.1, -0.05) is 102 Å². The highest BCUT2D eigenvalue weighted by molar-refractivity contribution is 8.93. The predicted octanol–water partition coefficient (Wildman–Crippen LogP) is 9.92. The second-order valence-corrected chi connectivity index (χ2v) is 11.7. The highest BCUT2D eigenvalue weighted by Gasteiger charge is 2.12. The van der Waals surface area contributed by atoms with Gasteiger partial charge in [-0.3, -0.25) is 4.79 Å². The summed E-state index contributed by atoms with van der Waals surface area (Å²) in [6.45, 7) is 6.28. The number of anilines is 1. The van der Waals surface area contributed by atoms with Gasteiger partial charge in [0, 0.05) is 31.9 Å². The number of hydrogen-bond acceptors (Lipinski definition) is 4. The molecule has 0 fully saturated rings. The molecule has 0 radical (unpaired) electrons. The van der Waals surface area contributed by atoms with E-state index in [-0.39, 0.29) is 22.9 Å². The van der Waals surface area contributed by atoms with Gasteiger partial charge in [-0.05, 0) is 53.6 Å². The molecule has 0 unspecified atom stereocenters. The molecule has 1 amide bonds. The lowest BCUT2D eigenvalue weighted by Crippen LogP contribution is -2.30. The summed E-state index contributed by atoms with van der Waals surface area (Å²) in [6.07, 6.45) is 19.2. The quantitative estimate of drug-likeness (QED) is 0.136. The van der Waals surface area contributed by atoms with Crippen LogP contribution in [0.1, 0.15) is 102 Å². The first-order valence-electron chi connectivity index (χ1n) is 15.3. The zero-order valence-electron chi connectivity index (χ0n) is 24.8. The zero-order valence-corrected chi connectivity index (χ0v) is 27.4. The Morgan fingerprint density at radius 3 is 1.95 bits per heavy atom. The minimum atomic E-state index is 0. The largest absolute Gasteiger partial charge is 0.494 e. The molecule has 0 atom stereocenters. The van der Waals surface area contributed by atoms with Gasteiger partial charge in [-0.2, -0.15) is 0 Å². The number of carbonyl (C=O) groups excluding carboxylic acids is 1. The van der Waals surface area contributed by atoms with E-state index in [1.165, 1.54) is 81.8 Å². The molecular weight excluding hydrogens is 580 g/mol. The summed E-state index contributed by atoms with van der Waals surface area (Å²) in [5, 5.41) is 2.13. The molecule has 0 aromatic heterocycles. The van der Waals surface area contributed by atoms with Crippen molar-refractivity contribution in [3.8, 4) is 5.75 Å². The Bertz CT molecular complexity index is 965. The van der Waals surface area contributed by atoms with Crippen LogP contribution < -0.4 is 9.64 Å². The van der Waals surface area contributed by atoms with Crippen molar-refractivity contribution in [2.24, 2.45) is 0 Å². The van der Waals surface area contributed by atoms with Crippen molar-refractivity contribution in [1.29, 1.82) is 0 Å². The number of nitrogens with zero attached hydrogens (tertiary/aromatic N) is 2. The van der Waals surface area contributed by atoms with E-state index in [1.54, 1.807) is 6.92 Å². The van der Waals surface area contributed by atoms with E-state index < -0.39 is 0 Å². The summed E-state index contributed by atoms with van der Waals surface area (Å²) >= 11 is 1.81. The van der Waals surface area contributed by atoms with Crippen molar-refractivity contribution in [3.05, 3.63) is 71.3 Å². The highest BCUT2D eigenvalue weighted by Crippen LogP contribution is 2.21. The second kappa shape index (κ2) is 20.9. The number of hydrogen-bond donors (Lipinski definition) is 0. The van der Waals surface area contributed by atoms with Crippen LogP contribution in [0.25, 0.3) is 0 Å². The SMILES string of the molecule is Br.CCCCCCCCCCCCCCOc1ccc(CCN(C(C)=O)c2ccc(CN3C=CSC3)cc2)cc1. The Morgan fingerprint density at radius 1 is 0.825 bits per heavy atom. The second-order valence-electron chi connectivity index (χ2n) is 10.8. The summed E-state index contributed by atoms with van der Waals surface area (Å²) in [5.41, 5.74) is 3.43. The van der Waals surface area contributed by atoms with Crippen LogP contribution in [0, 0.1) is 0 Å². The van der Waals surface area contributed by atoms with E-state index in [2.05, 4.69) is 72.0 Å². The van der Waals surface area contributed by atoms with E-state index in [0.717, 1.165) is 43.3 Å². The van der Waals surface area contributed by atoms with Crippen LogP contribution in [-0.4, -0.2) is 29.8 Å². The van der Waals surface area contributed by atoms with Crippen LogP contribution in [-0.2, 0) is 17.8 Å². The molecule has 2 aromatic rings. The van der Waals surface area contributed by atoms with Crippen molar-refractivity contribution >= 4 is 40.3 Å². The molecule has 2 aromatic carbocycles. The number of ether oxygens (including phenoxy) is 1. The molecule has 0 spiro atoms. The molecule has 1 aliphatic rings. The van der Waals surface area contributed by atoms with Crippen LogP contribution in [0.3, 0.4) is 0 Å². The normalized spacial score (nSPS) is 12.4. The summed E-state index contributed by atoms with van der Waals surface area (Å²) in [7, 11) is 0. The molecule has 1 heterocycles. The smallest absolute Gasteiger partial charge is 0.223 e.